The Morgan fingerprint density at radius 1 is 1.47 bits per heavy atom. The Hall–Kier alpha value is -1.28. The molecule has 1 aromatic heterocycles. The minimum atomic E-state index is -0.575. The lowest BCUT2D eigenvalue weighted by Gasteiger charge is -2.11. The summed E-state index contributed by atoms with van der Waals surface area (Å²) in [5.74, 6) is 0.742. The van der Waals surface area contributed by atoms with Crippen molar-refractivity contribution in [2.75, 3.05) is 25.2 Å². The molecular weight excluding hydrogens is 284 g/mol. The molecule has 0 aliphatic carbocycles. The van der Waals surface area contributed by atoms with Crippen LogP contribution in [-0.2, 0) is 0 Å². The van der Waals surface area contributed by atoms with Crippen molar-refractivity contribution in [3.63, 3.8) is 0 Å². The fourth-order valence-electron chi connectivity index (χ4n) is 1.13. The Labute approximate surface area is 120 Å². The topological polar surface area (TPSA) is 88.3 Å². The van der Waals surface area contributed by atoms with Crippen LogP contribution in [0.4, 0.5) is 9.80 Å². The lowest BCUT2D eigenvalue weighted by Crippen LogP contribution is -2.28. The average molecular weight is 302 g/mol. The largest absolute Gasteiger partial charge is 0.365 e. The first-order chi connectivity index (χ1) is 8.82. The maximum absolute atomic E-state index is 11.6. The smallest absolute Gasteiger partial charge is 0.321 e. The van der Waals surface area contributed by atoms with E-state index in [2.05, 4.69) is 23.5 Å². The summed E-state index contributed by atoms with van der Waals surface area (Å²) in [6.45, 7) is 4.16. The maximum atomic E-state index is 11.6. The number of hydrogen-bond acceptors (Lipinski definition) is 5. The van der Waals surface area contributed by atoms with Gasteiger partial charge in [-0.15, -0.1) is 11.8 Å². The van der Waals surface area contributed by atoms with Crippen molar-refractivity contribution in [2.45, 2.75) is 18.9 Å². The predicted molar refractivity (Wildman–Crippen MR) is 78.9 cm³/mol. The number of nitrogens with zero attached hydrogens (tertiary/aromatic N) is 2. The zero-order chi connectivity index (χ0) is 14.6. The third kappa shape index (κ3) is 4.39. The molecule has 0 aromatic carbocycles. The number of aromatic nitrogens is 1. The van der Waals surface area contributed by atoms with Crippen LogP contribution in [0.15, 0.2) is 5.03 Å². The lowest BCUT2D eigenvalue weighted by atomic mass is 10.3. The molecule has 3 N–H and O–H groups in total. The number of amides is 3. The number of primary amides is 1. The number of carbonyl (C=O) groups is 2. The van der Waals surface area contributed by atoms with Gasteiger partial charge in [0.25, 0.3) is 5.91 Å². The summed E-state index contributed by atoms with van der Waals surface area (Å²) >= 11 is 2.54. The molecule has 106 valence electrons. The van der Waals surface area contributed by atoms with E-state index in [4.69, 9.17) is 5.73 Å². The van der Waals surface area contributed by atoms with Crippen LogP contribution >= 0.6 is 23.3 Å². The zero-order valence-electron chi connectivity index (χ0n) is 11.4. The number of urea groups is 1. The second kappa shape index (κ2) is 6.76. The Morgan fingerprint density at radius 3 is 2.58 bits per heavy atom. The Kier molecular flexibility index (Phi) is 5.61. The highest BCUT2D eigenvalue weighted by Gasteiger charge is 2.21. The van der Waals surface area contributed by atoms with Crippen LogP contribution in [0.1, 0.15) is 24.2 Å². The van der Waals surface area contributed by atoms with Crippen molar-refractivity contribution < 1.29 is 9.59 Å². The summed E-state index contributed by atoms with van der Waals surface area (Å²) in [6, 6.07) is -0.313. The van der Waals surface area contributed by atoms with Gasteiger partial charge < -0.3 is 10.6 Å². The minimum Gasteiger partial charge on any atom is -0.365 e. The van der Waals surface area contributed by atoms with Crippen LogP contribution in [0.25, 0.3) is 0 Å². The molecule has 0 fully saturated rings. The first-order valence-electron chi connectivity index (χ1n) is 5.73. The molecule has 3 amide bonds. The van der Waals surface area contributed by atoms with Crippen molar-refractivity contribution in [1.82, 2.24) is 9.27 Å². The molecular formula is C11H18N4O2S2. The van der Waals surface area contributed by atoms with Crippen molar-refractivity contribution in [3.8, 4) is 0 Å². The van der Waals surface area contributed by atoms with E-state index in [1.54, 1.807) is 14.1 Å². The number of hydrogen-bond donors (Lipinski definition) is 2. The van der Waals surface area contributed by atoms with E-state index in [1.165, 1.54) is 16.7 Å². The lowest BCUT2D eigenvalue weighted by molar-refractivity contribution is 0.0998. The second-order valence-electron chi connectivity index (χ2n) is 4.59. The van der Waals surface area contributed by atoms with Crippen molar-refractivity contribution in [1.29, 1.82) is 0 Å². The van der Waals surface area contributed by atoms with E-state index in [9.17, 15) is 9.59 Å². The molecule has 0 bridgehead atoms. The molecule has 6 nitrogen and oxygen atoms in total. The van der Waals surface area contributed by atoms with Crippen molar-refractivity contribution >= 4 is 40.2 Å². The van der Waals surface area contributed by atoms with Gasteiger partial charge in [-0.2, -0.15) is 4.37 Å². The quantitative estimate of drug-likeness (QED) is 0.815. The summed E-state index contributed by atoms with van der Waals surface area (Å²) in [5.41, 5.74) is 5.66. The molecule has 0 radical (unpaired) electrons. The molecule has 0 unspecified atom stereocenters. The number of nitrogens with one attached hydrogen (secondary N) is 1. The molecule has 19 heavy (non-hydrogen) atoms. The van der Waals surface area contributed by atoms with E-state index >= 15 is 0 Å². The minimum absolute atomic E-state index is 0.297. The third-order valence-corrected chi connectivity index (χ3v) is 4.37. The van der Waals surface area contributed by atoms with Gasteiger partial charge in [-0.05, 0) is 17.5 Å². The van der Waals surface area contributed by atoms with Gasteiger partial charge >= 0.3 is 6.03 Å². The van der Waals surface area contributed by atoms with Gasteiger partial charge in [0.1, 0.15) is 15.6 Å². The fourth-order valence-corrected chi connectivity index (χ4v) is 3.04. The van der Waals surface area contributed by atoms with E-state index < -0.39 is 5.91 Å². The average Bonchev–Trinajstić information content (AvgIpc) is 2.69. The van der Waals surface area contributed by atoms with E-state index in [-0.39, 0.29) is 6.03 Å². The molecule has 0 saturated heterocycles. The number of carbonyl (C=O) groups excluding carboxylic acids is 2. The van der Waals surface area contributed by atoms with Crippen molar-refractivity contribution in [2.24, 2.45) is 11.7 Å². The molecule has 1 rings (SSSR count). The maximum Gasteiger partial charge on any atom is 0.321 e. The molecule has 0 spiro atoms. The van der Waals surface area contributed by atoms with Crippen LogP contribution in [0.5, 0.6) is 0 Å². The van der Waals surface area contributed by atoms with Gasteiger partial charge in [0.05, 0.1) is 0 Å². The summed E-state index contributed by atoms with van der Waals surface area (Å²) < 4.78 is 4.19. The van der Waals surface area contributed by atoms with Gasteiger partial charge in [-0.3, -0.25) is 10.1 Å². The summed E-state index contributed by atoms with van der Waals surface area (Å²) in [7, 11) is 3.24. The van der Waals surface area contributed by atoms with E-state index in [0.717, 1.165) is 17.3 Å². The van der Waals surface area contributed by atoms with Crippen molar-refractivity contribution in [3.05, 3.63) is 5.56 Å². The molecule has 0 atom stereocenters. The van der Waals surface area contributed by atoms with Gasteiger partial charge in [0.2, 0.25) is 0 Å². The monoisotopic (exact) mass is 302 g/mol. The highest BCUT2D eigenvalue weighted by Crippen LogP contribution is 2.32. The molecule has 1 heterocycles. The molecule has 0 aliphatic rings. The third-order valence-electron chi connectivity index (χ3n) is 2.09. The summed E-state index contributed by atoms with van der Waals surface area (Å²) in [4.78, 5) is 24.5. The molecule has 0 saturated carbocycles. The predicted octanol–water partition coefficient (Wildman–Crippen LogP) is 2.08. The molecule has 8 heteroatoms. The fraction of sp³-hybridized carbons (Fsp3) is 0.545. The molecule has 1 aromatic rings. The standard InChI is InChI=1S/C11H18N4O2S2/c1-6(2)5-18-10-7(8(12)16)9(19-14-10)13-11(17)15(3)4/h6H,5H2,1-4H3,(H2,12,16)(H,13,17). The molecule has 0 aliphatic heterocycles. The van der Waals surface area contributed by atoms with Crippen LogP contribution < -0.4 is 11.1 Å². The number of anilines is 1. The first kappa shape index (κ1) is 15.8. The number of rotatable bonds is 5. The van der Waals surface area contributed by atoms with Crippen LogP contribution in [-0.4, -0.2) is 41.1 Å². The number of thioether (sulfide) groups is 1. The Balaban J connectivity index is 2.93. The van der Waals surface area contributed by atoms with Gasteiger partial charge in [0.15, 0.2) is 0 Å². The number of nitrogens with two attached hydrogens (primary N) is 1. The Bertz CT molecular complexity index is 471. The Morgan fingerprint density at radius 2 is 2.11 bits per heavy atom. The van der Waals surface area contributed by atoms with E-state index in [1.807, 2.05) is 0 Å². The van der Waals surface area contributed by atoms with Crippen LogP contribution in [0, 0.1) is 5.92 Å². The normalized spacial score (nSPS) is 10.6. The van der Waals surface area contributed by atoms with Gasteiger partial charge in [-0.1, -0.05) is 13.8 Å². The van der Waals surface area contributed by atoms with Crippen LogP contribution in [0.3, 0.4) is 0 Å². The summed E-state index contributed by atoms with van der Waals surface area (Å²) in [5, 5.41) is 3.61. The highest BCUT2D eigenvalue weighted by molar-refractivity contribution is 7.99. The highest BCUT2D eigenvalue weighted by atomic mass is 32.2. The SMILES string of the molecule is CC(C)CSc1nsc(NC(=O)N(C)C)c1C(N)=O. The zero-order valence-corrected chi connectivity index (χ0v) is 13.0. The van der Waals surface area contributed by atoms with Gasteiger partial charge in [-0.25, -0.2) is 4.79 Å². The van der Waals surface area contributed by atoms with Crippen LogP contribution in [0.2, 0.25) is 0 Å². The van der Waals surface area contributed by atoms with Gasteiger partial charge in [0, 0.05) is 19.8 Å². The summed E-state index contributed by atoms with van der Waals surface area (Å²) in [6.07, 6.45) is 0. The second-order valence-corrected chi connectivity index (χ2v) is 6.37. The first-order valence-corrected chi connectivity index (χ1v) is 7.49. The van der Waals surface area contributed by atoms with E-state index in [0.29, 0.717) is 21.5 Å².